The van der Waals surface area contributed by atoms with Crippen LogP contribution in [0.15, 0.2) is 6.07 Å². The lowest BCUT2D eigenvalue weighted by molar-refractivity contribution is 0.0995. The molecule has 1 unspecified atom stereocenters. The third kappa shape index (κ3) is 1.89. The molecule has 1 aromatic rings. The van der Waals surface area contributed by atoms with Gasteiger partial charge in [-0.1, -0.05) is 15.9 Å². The van der Waals surface area contributed by atoms with Crippen LogP contribution in [0.3, 0.4) is 0 Å². The second-order valence-corrected chi connectivity index (χ2v) is 5.74. The molecule has 0 radical (unpaired) electrons. The molecule has 1 aliphatic rings. The number of alkyl halides is 1. The average molecular weight is 270 g/mol. The molecular weight excluding hydrogens is 254 g/mol. The van der Waals surface area contributed by atoms with Gasteiger partial charge in [-0.05, 0) is 39.7 Å². The lowest BCUT2D eigenvalue weighted by atomic mass is 10.1. The van der Waals surface area contributed by atoms with Gasteiger partial charge in [0.25, 0.3) is 0 Å². The van der Waals surface area contributed by atoms with Crippen molar-refractivity contribution in [2.24, 2.45) is 0 Å². The molecular formula is C12H16BrNO. The van der Waals surface area contributed by atoms with Crippen LogP contribution in [0.25, 0.3) is 0 Å². The summed E-state index contributed by atoms with van der Waals surface area (Å²) in [5.74, 6) is 0.190. The standard InChI is InChI=1S/C12H16BrNO/c1-7-6-11(12(15)8(2)13)9(3)14(7)10-4-5-10/h6,8,10H,4-5H2,1-3H3. The van der Waals surface area contributed by atoms with Crippen molar-refractivity contribution in [3.63, 3.8) is 0 Å². The number of ketones is 1. The summed E-state index contributed by atoms with van der Waals surface area (Å²) in [6.07, 6.45) is 2.52. The molecule has 0 N–H and O–H groups in total. The van der Waals surface area contributed by atoms with Gasteiger partial charge in [-0.15, -0.1) is 0 Å². The molecule has 1 fully saturated rings. The second-order valence-electron chi connectivity index (χ2n) is 4.37. The Balaban J connectivity index is 2.41. The minimum absolute atomic E-state index is 0.0920. The molecule has 0 bridgehead atoms. The zero-order chi connectivity index (χ0) is 11.2. The summed E-state index contributed by atoms with van der Waals surface area (Å²) in [6.45, 7) is 6.01. The number of halogens is 1. The molecule has 0 spiro atoms. The predicted octanol–water partition coefficient (Wildman–Crippen LogP) is 3.41. The van der Waals surface area contributed by atoms with E-state index in [1.807, 2.05) is 19.9 Å². The largest absolute Gasteiger partial charge is 0.345 e. The van der Waals surface area contributed by atoms with Crippen molar-refractivity contribution in [2.75, 3.05) is 0 Å². The Bertz CT molecular complexity index is 402. The number of hydrogen-bond acceptors (Lipinski definition) is 1. The Morgan fingerprint density at radius 2 is 2.13 bits per heavy atom. The van der Waals surface area contributed by atoms with Gasteiger partial charge in [-0.3, -0.25) is 4.79 Å². The van der Waals surface area contributed by atoms with Gasteiger partial charge in [0.05, 0.1) is 4.83 Å². The highest BCUT2D eigenvalue weighted by atomic mass is 79.9. The van der Waals surface area contributed by atoms with Crippen molar-refractivity contribution < 1.29 is 4.79 Å². The zero-order valence-electron chi connectivity index (χ0n) is 9.38. The fourth-order valence-corrected chi connectivity index (χ4v) is 2.38. The number of carbonyl (C=O) groups excluding carboxylic acids is 1. The molecule has 2 nitrogen and oxygen atoms in total. The van der Waals surface area contributed by atoms with E-state index in [-0.39, 0.29) is 10.6 Å². The number of aryl methyl sites for hydroxylation is 1. The molecule has 1 heterocycles. The predicted molar refractivity (Wildman–Crippen MR) is 64.9 cm³/mol. The minimum Gasteiger partial charge on any atom is -0.345 e. The molecule has 3 heteroatoms. The van der Waals surface area contributed by atoms with Gasteiger partial charge >= 0.3 is 0 Å². The van der Waals surface area contributed by atoms with Gasteiger partial charge in [0, 0.05) is 23.0 Å². The SMILES string of the molecule is Cc1cc(C(=O)C(C)Br)c(C)n1C1CC1. The summed E-state index contributed by atoms with van der Waals surface area (Å²) in [6, 6.07) is 2.67. The van der Waals surface area contributed by atoms with Crippen molar-refractivity contribution in [2.45, 2.75) is 44.5 Å². The Hall–Kier alpha value is -0.570. The van der Waals surface area contributed by atoms with Gasteiger partial charge < -0.3 is 4.57 Å². The summed E-state index contributed by atoms with van der Waals surface area (Å²) in [5, 5.41) is 0. The van der Waals surface area contributed by atoms with Crippen LogP contribution in [0.1, 0.15) is 47.6 Å². The lowest BCUT2D eigenvalue weighted by Gasteiger charge is -2.07. The van der Waals surface area contributed by atoms with E-state index in [0.29, 0.717) is 6.04 Å². The Labute approximate surface area is 98.8 Å². The quantitative estimate of drug-likeness (QED) is 0.609. The highest BCUT2D eigenvalue weighted by Gasteiger charge is 2.28. The number of carbonyl (C=O) groups is 1. The molecule has 15 heavy (non-hydrogen) atoms. The van der Waals surface area contributed by atoms with Crippen molar-refractivity contribution in [3.8, 4) is 0 Å². The summed E-state index contributed by atoms with van der Waals surface area (Å²) in [5.41, 5.74) is 3.22. The second kappa shape index (κ2) is 3.78. The van der Waals surface area contributed by atoms with E-state index < -0.39 is 0 Å². The molecule has 1 aliphatic carbocycles. The zero-order valence-corrected chi connectivity index (χ0v) is 11.0. The van der Waals surface area contributed by atoms with Gasteiger partial charge in [0.15, 0.2) is 5.78 Å². The summed E-state index contributed by atoms with van der Waals surface area (Å²) >= 11 is 3.34. The Morgan fingerprint density at radius 1 is 1.53 bits per heavy atom. The molecule has 1 atom stereocenters. The third-order valence-corrected chi connectivity index (χ3v) is 3.44. The van der Waals surface area contributed by atoms with Crippen LogP contribution in [0.4, 0.5) is 0 Å². The first-order valence-electron chi connectivity index (χ1n) is 5.39. The van der Waals surface area contributed by atoms with Gasteiger partial charge in [-0.25, -0.2) is 0 Å². The van der Waals surface area contributed by atoms with Crippen LogP contribution in [0, 0.1) is 13.8 Å². The fraction of sp³-hybridized carbons (Fsp3) is 0.583. The summed E-state index contributed by atoms with van der Waals surface area (Å²) in [4.78, 5) is 11.8. The maximum Gasteiger partial charge on any atom is 0.177 e. The monoisotopic (exact) mass is 269 g/mol. The minimum atomic E-state index is -0.0920. The maximum atomic E-state index is 11.9. The van der Waals surface area contributed by atoms with Crippen molar-refractivity contribution in [1.29, 1.82) is 0 Å². The first kappa shape index (κ1) is 10.9. The first-order chi connectivity index (χ1) is 7.02. The molecule has 0 amide bonds. The van der Waals surface area contributed by atoms with Crippen molar-refractivity contribution in [1.82, 2.24) is 4.57 Å². The van der Waals surface area contributed by atoms with E-state index in [2.05, 4.69) is 27.4 Å². The van der Waals surface area contributed by atoms with Gasteiger partial charge in [0.1, 0.15) is 0 Å². The van der Waals surface area contributed by atoms with Crippen LogP contribution in [-0.4, -0.2) is 15.2 Å². The van der Waals surface area contributed by atoms with E-state index >= 15 is 0 Å². The van der Waals surface area contributed by atoms with Gasteiger partial charge in [0.2, 0.25) is 0 Å². The smallest absolute Gasteiger partial charge is 0.177 e. The highest BCUT2D eigenvalue weighted by molar-refractivity contribution is 9.10. The molecule has 0 saturated heterocycles. The number of hydrogen-bond donors (Lipinski definition) is 0. The Kier molecular flexibility index (Phi) is 2.75. The third-order valence-electron chi connectivity index (χ3n) is 3.02. The normalized spacial score (nSPS) is 17.9. The number of aromatic nitrogens is 1. The Morgan fingerprint density at radius 3 is 2.60 bits per heavy atom. The van der Waals surface area contributed by atoms with E-state index in [1.165, 1.54) is 18.5 Å². The summed E-state index contributed by atoms with van der Waals surface area (Å²) < 4.78 is 2.31. The van der Waals surface area contributed by atoms with E-state index in [0.717, 1.165) is 11.3 Å². The van der Waals surface area contributed by atoms with E-state index in [1.54, 1.807) is 0 Å². The topological polar surface area (TPSA) is 22.0 Å². The maximum absolute atomic E-state index is 11.9. The lowest BCUT2D eigenvalue weighted by Crippen LogP contribution is -2.11. The van der Waals surface area contributed by atoms with E-state index in [4.69, 9.17) is 0 Å². The first-order valence-corrected chi connectivity index (χ1v) is 6.30. The molecule has 1 aromatic heterocycles. The van der Waals surface area contributed by atoms with Crippen LogP contribution >= 0.6 is 15.9 Å². The van der Waals surface area contributed by atoms with Crippen LogP contribution in [0.5, 0.6) is 0 Å². The molecule has 1 saturated carbocycles. The van der Waals surface area contributed by atoms with E-state index in [9.17, 15) is 4.79 Å². The molecule has 0 aliphatic heterocycles. The number of nitrogens with zero attached hydrogens (tertiary/aromatic N) is 1. The number of rotatable bonds is 3. The molecule has 2 rings (SSSR count). The summed E-state index contributed by atoms with van der Waals surface area (Å²) in [7, 11) is 0. The molecule has 0 aromatic carbocycles. The van der Waals surface area contributed by atoms with Gasteiger partial charge in [-0.2, -0.15) is 0 Å². The van der Waals surface area contributed by atoms with Crippen molar-refractivity contribution in [3.05, 3.63) is 23.0 Å². The van der Waals surface area contributed by atoms with Crippen molar-refractivity contribution >= 4 is 21.7 Å². The fourth-order valence-electron chi connectivity index (χ4n) is 2.14. The van der Waals surface area contributed by atoms with Crippen LogP contribution in [0.2, 0.25) is 0 Å². The molecule has 82 valence electrons. The average Bonchev–Trinajstić information content (AvgIpc) is 2.93. The van der Waals surface area contributed by atoms with Crippen LogP contribution < -0.4 is 0 Å². The number of Topliss-reactive ketones (excluding diaryl/α,β-unsaturated/α-hetero) is 1. The highest BCUT2D eigenvalue weighted by Crippen LogP contribution is 2.38. The van der Waals surface area contributed by atoms with Crippen LogP contribution in [-0.2, 0) is 0 Å².